The molecule has 0 aliphatic rings. The third-order valence-electron chi connectivity index (χ3n) is 5.02. The van der Waals surface area contributed by atoms with Gasteiger partial charge in [0.05, 0.1) is 30.8 Å². The molecule has 3 rings (SSSR count). The van der Waals surface area contributed by atoms with Crippen molar-refractivity contribution in [2.24, 2.45) is 0 Å². The summed E-state index contributed by atoms with van der Waals surface area (Å²) in [7, 11) is -1.26. The molecule has 1 amide bonds. The van der Waals surface area contributed by atoms with Crippen LogP contribution in [0.1, 0.15) is 18.5 Å². The van der Waals surface area contributed by atoms with Crippen LogP contribution in [0.2, 0.25) is 0 Å². The Morgan fingerprint density at radius 1 is 1.00 bits per heavy atom. The molecule has 0 aliphatic carbocycles. The van der Waals surface area contributed by atoms with Crippen molar-refractivity contribution >= 4 is 21.6 Å². The molecule has 0 saturated carbocycles. The SMILES string of the molecule is COc1ccc(OC)c(N(CC(=O)N[C@@H](C)c2ccc(F)cc2)S(=O)(=O)c2ccccc2)c1. The van der Waals surface area contributed by atoms with E-state index in [1.54, 1.807) is 49.4 Å². The Kier molecular flexibility index (Phi) is 7.55. The van der Waals surface area contributed by atoms with Gasteiger partial charge in [0, 0.05) is 6.07 Å². The Hall–Kier alpha value is -3.59. The second-order valence-corrected chi connectivity index (χ2v) is 9.07. The van der Waals surface area contributed by atoms with Crippen LogP contribution in [0.3, 0.4) is 0 Å². The average molecular weight is 473 g/mol. The molecule has 3 aromatic rings. The Bertz CT molecular complexity index is 1200. The highest BCUT2D eigenvalue weighted by Crippen LogP contribution is 2.35. The first-order valence-electron chi connectivity index (χ1n) is 10.1. The highest BCUT2D eigenvalue weighted by molar-refractivity contribution is 7.92. The minimum Gasteiger partial charge on any atom is -0.497 e. The molecule has 3 aromatic carbocycles. The maximum absolute atomic E-state index is 13.5. The lowest BCUT2D eigenvalue weighted by atomic mass is 10.1. The van der Waals surface area contributed by atoms with Crippen LogP contribution in [0.25, 0.3) is 0 Å². The first-order valence-corrected chi connectivity index (χ1v) is 11.5. The van der Waals surface area contributed by atoms with Crippen molar-refractivity contribution in [1.29, 1.82) is 0 Å². The maximum atomic E-state index is 13.5. The molecular formula is C24H25FN2O5S. The summed E-state index contributed by atoms with van der Waals surface area (Å²) in [4.78, 5) is 13.0. The van der Waals surface area contributed by atoms with E-state index in [0.717, 1.165) is 4.31 Å². The van der Waals surface area contributed by atoms with Crippen LogP contribution < -0.4 is 19.1 Å². The van der Waals surface area contributed by atoms with Crippen molar-refractivity contribution in [2.45, 2.75) is 17.9 Å². The number of nitrogens with zero attached hydrogens (tertiary/aromatic N) is 1. The molecule has 0 aromatic heterocycles. The third-order valence-corrected chi connectivity index (χ3v) is 6.79. The predicted octanol–water partition coefficient (Wildman–Crippen LogP) is 3.92. The van der Waals surface area contributed by atoms with Gasteiger partial charge in [0.15, 0.2) is 0 Å². The van der Waals surface area contributed by atoms with Gasteiger partial charge in [-0.3, -0.25) is 9.10 Å². The molecule has 1 atom stereocenters. The Morgan fingerprint density at radius 2 is 1.67 bits per heavy atom. The molecule has 7 nitrogen and oxygen atoms in total. The number of anilines is 1. The zero-order valence-corrected chi connectivity index (χ0v) is 19.3. The summed E-state index contributed by atoms with van der Waals surface area (Å²) in [5, 5.41) is 2.77. The molecule has 9 heteroatoms. The Labute approximate surface area is 192 Å². The number of benzene rings is 3. The Balaban J connectivity index is 1.97. The van der Waals surface area contributed by atoms with E-state index in [-0.39, 0.29) is 22.1 Å². The largest absolute Gasteiger partial charge is 0.497 e. The number of sulfonamides is 1. The average Bonchev–Trinajstić information content (AvgIpc) is 2.83. The second-order valence-electron chi connectivity index (χ2n) is 7.20. The molecule has 0 bridgehead atoms. The lowest BCUT2D eigenvalue weighted by Gasteiger charge is -2.26. The van der Waals surface area contributed by atoms with E-state index in [2.05, 4.69) is 5.32 Å². The molecule has 33 heavy (non-hydrogen) atoms. The fourth-order valence-electron chi connectivity index (χ4n) is 3.26. The zero-order valence-electron chi connectivity index (χ0n) is 18.5. The number of hydrogen-bond donors (Lipinski definition) is 1. The van der Waals surface area contributed by atoms with Gasteiger partial charge in [-0.25, -0.2) is 12.8 Å². The first-order chi connectivity index (χ1) is 15.8. The lowest BCUT2D eigenvalue weighted by Crippen LogP contribution is -2.41. The summed E-state index contributed by atoms with van der Waals surface area (Å²) >= 11 is 0. The van der Waals surface area contributed by atoms with E-state index in [1.165, 1.54) is 44.6 Å². The smallest absolute Gasteiger partial charge is 0.264 e. The van der Waals surface area contributed by atoms with Gasteiger partial charge >= 0.3 is 0 Å². The summed E-state index contributed by atoms with van der Waals surface area (Å²) in [6, 6.07) is 17.8. The third kappa shape index (κ3) is 5.61. The predicted molar refractivity (Wildman–Crippen MR) is 123 cm³/mol. The van der Waals surface area contributed by atoms with Crippen molar-refractivity contribution in [1.82, 2.24) is 5.32 Å². The number of hydrogen-bond acceptors (Lipinski definition) is 5. The minimum absolute atomic E-state index is 0.0225. The molecule has 0 heterocycles. The quantitative estimate of drug-likeness (QED) is 0.510. The van der Waals surface area contributed by atoms with Gasteiger partial charge in [-0.1, -0.05) is 30.3 Å². The fraction of sp³-hybridized carbons (Fsp3) is 0.208. The first kappa shape index (κ1) is 24.1. The van der Waals surface area contributed by atoms with E-state index in [1.807, 2.05) is 0 Å². The standard InChI is InChI=1S/C24H25FN2O5S/c1-17(18-9-11-19(25)12-10-18)26-24(28)16-27(33(29,30)21-7-5-4-6-8-21)22-15-20(31-2)13-14-23(22)32-3/h4-15,17H,16H2,1-3H3,(H,26,28)/t17-/m0/s1. The second kappa shape index (κ2) is 10.4. The monoisotopic (exact) mass is 472 g/mol. The van der Waals surface area contributed by atoms with Crippen LogP contribution in [-0.4, -0.2) is 35.1 Å². The Morgan fingerprint density at radius 3 is 2.27 bits per heavy atom. The van der Waals surface area contributed by atoms with Crippen LogP contribution in [0.4, 0.5) is 10.1 Å². The fourth-order valence-corrected chi connectivity index (χ4v) is 4.71. The molecule has 0 aliphatic heterocycles. The summed E-state index contributed by atoms with van der Waals surface area (Å²) in [5.74, 6) is -0.271. The van der Waals surface area contributed by atoms with E-state index >= 15 is 0 Å². The summed E-state index contributed by atoms with van der Waals surface area (Å²) < 4.78 is 51.9. The van der Waals surface area contributed by atoms with E-state index in [9.17, 15) is 17.6 Å². The molecule has 0 spiro atoms. The van der Waals surface area contributed by atoms with Gasteiger partial charge in [-0.15, -0.1) is 0 Å². The van der Waals surface area contributed by atoms with Crippen LogP contribution >= 0.6 is 0 Å². The number of nitrogens with one attached hydrogen (secondary N) is 1. The number of carbonyl (C=O) groups excluding carboxylic acids is 1. The van der Waals surface area contributed by atoms with Crippen molar-refractivity contribution in [3.05, 3.63) is 84.2 Å². The zero-order chi connectivity index (χ0) is 24.0. The number of ether oxygens (including phenoxy) is 2. The maximum Gasteiger partial charge on any atom is 0.264 e. The minimum atomic E-state index is -4.13. The molecule has 0 unspecified atom stereocenters. The van der Waals surface area contributed by atoms with Crippen LogP contribution in [0.15, 0.2) is 77.7 Å². The molecule has 1 N–H and O–H groups in total. The van der Waals surface area contributed by atoms with Crippen LogP contribution in [0, 0.1) is 5.82 Å². The highest BCUT2D eigenvalue weighted by Gasteiger charge is 2.30. The molecule has 0 fully saturated rings. The van der Waals surface area contributed by atoms with Gasteiger partial charge in [-0.2, -0.15) is 0 Å². The van der Waals surface area contributed by atoms with Crippen LogP contribution in [-0.2, 0) is 14.8 Å². The molecule has 174 valence electrons. The molecule has 0 radical (unpaired) electrons. The topological polar surface area (TPSA) is 84.9 Å². The van der Waals surface area contributed by atoms with Crippen molar-refractivity contribution < 1.29 is 27.1 Å². The number of halogens is 1. The van der Waals surface area contributed by atoms with Gasteiger partial charge in [0.25, 0.3) is 10.0 Å². The molecular weight excluding hydrogens is 447 g/mol. The number of carbonyl (C=O) groups is 1. The number of rotatable bonds is 9. The number of methoxy groups -OCH3 is 2. The van der Waals surface area contributed by atoms with E-state index in [4.69, 9.17) is 9.47 Å². The van der Waals surface area contributed by atoms with Crippen molar-refractivity contribution in [3.8, 4) is 11.5 Å². The summed E-state index contributed by atoms with van der Waals surface area (Å²) in [5.41, 5.74) is 0.839. The normalized spacial score (nSPS) is 12.0. The highest BCUT2D eigenvalue weighted by atomic mass is 32.2. The van der Waals surface area contributed by atoms with Crippen LogP contribution in [0.5, 0.6) is 11.5 Å². The van der Waals surface area contributed by atoms with Crippen molar-refractivity contribution in [3.63, 3.8) is 0 Å². The van der Waals surface area contributed by atoms with Gasteiger partial charge in [-0.05, 0) is 48.9 Å². The van der Waals surface area contributed by atoms with E-state index in [0.29, 0.717) is 11.3 Å². The summed E-state index contributed by atoms with van der Waals surface area (Å²) in [6.07, 6.45) is 0. The van der Waals surface area contributed by atoms with Gasteiger partial charge < -0.3 is 14.8 Å². The lowest BCUT2D eigenvalue weighted by molar-refractivity contribution is -0.120. The van der Waals surface area contributed by atoms with Gasteiger partial charge in [0.1, 0.15) is 23.9 Å². The van der Waals surface area contributed by atoms with E-state index < -0.39 is 28.5 Å². The summed E-state index contributed by atoms with van der Waals surface area (Å²) in [6.45, 7) is 1.22. The molecule has 0 saturated heterocycles. The van der Waals surface area contributed by atoms with Crippen molar-refractivity contribution in [2.75, 3.05) is 25.1 Å². The number of amides is 1. The van der Waals surface area contributed by atoms with Gasteiger partial charge in [0.2, 0.25) is 5.91 Å².